The summed E-state index contributed by atoms with van der Waals surface area (Å²) >= 11 is 15.2. The van der Waals surface area contributed by atoms with E-state index in [1.54, 1.807) is 11.4 Å². The van der Waals surface area contributed by atoms with Crippen molar-refractivity contribution in [3.05, 3.63) is 0 Å². The Hall–Kier alpha value is 1.70. The zero-order valence-corrected chi connectivity index (χ0v) is 10.3. The molecule has 0 N–H and O–H groups in total. The first kappa shape index (κ1) is 11.7. The Bertz CT molecular complexity index is 119. The van der Waals surface area contributed by atoms with Gasteiger partial charge < -0.3 is 0 Å². The van der Waals surface area contributed by atoms with Crippen LogP contribution in [0.5, 0.6) is 0 Å². The molecule has 0 aromatic heterocycles. The van der Waals surface area contributed by atoms with Crippen molar-refractivity contribution >= 4 is 51.3 Å². The fourth-order valence-corrected chi connectivity index (χ4v) is 4.35. The van der Waals surface area contributed by atoms with E-state index < -0.39 is 3.64 Å². The zero-order valence-electron chi connectivity index (χ0n) is 5.99. The lowest BCUT2D eigenvalue weighted by atomic mass is 10.3. The third-order valence-electron chi connectivity index (χ3n) is 1.01. The highest BCUT2D eigenvalue weighted by molar-refractivity contribution is 9.17. The Kier molecular flexibility index (Phi) is 7.30. The number of hydrogen-bond donors (Lipinski definition) is 2. The Balaban J connectivity index is 3.13. The third-order valence-corrected chi connectivity index (χ3v) is 6.40. The van der Waals surface area contributed by atoms with Gasteiger partial charge in [0.2, 0.25) is 0 Å². The second kappa shape index (κ2) is 6.24. The molecule has 0 unspecified atom stereocenters. The molecule has 0 radical (unpaired) electrons. The van der Waals surface area contributed by atoms with Gasteiger partial charge in [0.1, 0.15) is 3.64 Å². The number of hydrogen-bond acceptors (Lipinski definition) is 2. The predicted octanol–water partition coefficient (Wildman–Crippen LogP) is 3.99. The first-order chi connectivity index (χ1) is 4.56. The van der Waals surface area contributed by atoms with Gasteiger partial charge in [-0.2, -0.15) is 0 Å². The summed E-state index contributed by atoms with van der Waals surface area (Å²) in [6.45, 7) is 2.20. The summed E-state index contributed by atoms with van der Waals surface area (Å²) in [6, 6.07) is 0. The molecule has 0 aromatic carbocycles. The van der Waals surface area contributed by atoms with Gasteiger partial charge in [-0.15, -0.1) is 35.9 Å². The monoisotopic (exact) mass is 232 g/mol. The van der Waals surface area contributed by atoms with E-state index in [2.05, 4.69) is 31.4 Å². The van der Waals surface area contributed by atoms with Gasteiger partial charge in [0, 0.05) is 0 Å². The SMILES string of the molecule is CCCCCSP(=S)(S)S. The van der Waals surface area contributed by atoms with Crippen LogP contribution in [0.4, 0.5) is 0 Å². The van der Waals surface area contributed by atoms with Gasteiger partial charge in [-0.1, -0.05) is 31.6 Å². The van der Waals surface area contributed by atoms with E-state index in [4.69, 9.17) is 11.8 Å². The Morgan fingerprint density at radius 1 is 1.40 bits per heavy atom. The van der Waals surface area contributed by atoms with Crippen molar-refractivity contribution in [3.8, 4) is 0 Å². The molecule has 0 atom stereocenters. The predicted molar refractivity (Wildman–Crippen MR) is 64.2 cm³/mol. The third kappa shape index (κ3) is 9.70. The summed E-state index contributed by atoms with van der Waals surface area (Å²) < 4.78 is -1.57. The van der Waals surface area contributed by atoms with Gasteiger partial charge in [0.05, 0.1) is 0 Å². The van der Waals surface area contributed by atoms with Crippen LogP contribution in [0.2, 0.25) is 0 Å². The van der Waals surface area contributed by atoms with Gasteiger partial charge >= 0.3 is 0 Å². The Morgan fingerprint density at radius 3 is 2.40 bits per heavy atom. The van der Waals surface area contributed by atoms with Crippen molar-refractivity contribution in [3.63, 3.8) is 0 Å². The van der Waals surface area contributed by atoms with Crippen LogP contribution in [0.3, 0.4) is 0 Å². The molecular formula is C5H13PS4. The lowest BCUT2D eigenvalue weighted by Gasteiger charge is -2.05. The number of thiol groups is 2. The van der Waals surface area contributed by atoms with Gasteiger partial charge in [-0.3, -0.25) is 0 Å². The number of unbranched alkanes of at least 4 members (excludes halogenated alkanes) is 2. The molecule has 0 fully saturated rings. The van der Waals surface area contributed by atoms with E-state index >= 15 is 0 Å². The van der Waals surface area contributed by atoms with Crippen molar-refractivity contribution < 1.29 is 0 Å². The molecule has 0 heterocycles. The molecule has 0 aliphatic heterocycles. The van der Waals surface area contributed by atoms with Crippen molar-refractivity contribution in [2.75, 3.05) is 5.75 Å². The van der Waals surface area contributed by atoms with E-state index in [0.29, 0.717) is 0 Å². The molecule has 10 heavy (non-hydrogen) atoms. The second-order valence-corrected chi connectivity index (χ2v) is 16.2. The van der Waals surface area contributed by atoms with E-state index in [-0.39, 0.29) is 0 Å². The molecule has 0 saturated heterocycles. The topological polar surface area (TPSA) is 0 Å². The lowest BCUT2D eigenvalue weighted by Crippen LogP contribution is -1.75. The van der Waals surface area contributed by atoms with Crippen LogP contribution in [0.1, 0.15) is 26.2 Å². The molecule has 5 heteroatoms. The van der Waals surface area contributed by atoms with Gasteiger partial charge in [0.25, 0.3) is 0 Å². The van der Waals surface area contributed by atoms with Crippen LogP contribution >= 0.6 is 39.5 Å². The summed E-state index contributed by atoms with van der Waals surface area (Å²) in [5.74, 6) is 1.12. The smallest absolute Gasteiger partial charge is 0.103 e. The number of rotatable bonds is 5. The van der Waals surface area contributed by atoms with Crippen molar-refractivity contribution in [2.24, 2.45) is 0 Å². The Labute approximate surface area is 83.0 Å². The molecule has 0 aliphatic carbocycles. The molecule has 0 bridgehead atoms. The molecular weight excluding hydrogens is 219 g/mol. The minimum Gasteiger partial charge on any atom is -0.122 e. The fourth-order valence-electron chi connectivity index (χ4n) is 0.536. The Morgan fingerprint density at radius 2 is 2.00 bits per heavy atom. The standard InChI is InChI=1S/C5H13PS4/c1-2-3-4-5-10-6(7,8)9/h2-5H2,1H3,(H2,7,8,9). The minimum absolute atomic E-state index is 1.12. The maximum absolute atomic E-state index is 5.04. The molecule has 62 valence electrons. The summed E-state index contributed by atoms with van der Waals surface area (Å²) in [7, 11) is 0. The summed E-state index contributed by atoms with van der Waals surface area (Å²) in [4.78, 5) is 0. The molecule has 0 rings (SSSR count). The molecule has 0 saturated carbocycles. The van der Waals surface area contributed by atoms with Crippen molar-refractivity contribution in [2.45, 2.75) is 26.2 Å². The highest BCUT2D eigenvalue weighted by Gasteiger charge is 2.02. The average molecular weight is 232 g/mol. The van der Waals surface area contributed by atoms with E-state index in [9.17, 15) is 0 Å². The van der Waals surface area contributed by atoms with E-state index in [1.807, 2.05) is 0 Å². The highest BCUT2D eigenvalue weighted by Crippen LogP contribution is 2.67. The largest absolute Gasteiger partial charge is 0.122 e. The van der Waals surface area contributed by atoms with Gasteiger partial charge in [-0.25, -0.2) is 0 Å². The van der Waals surface area contributed by atoms with Crippen molar-refractivity contribution in [1.82, 2.24) is 0 Å². The quantitative estimate of drug-likeness (QED) is 0.418. The van der Waals surface area contributed by atoms with E-state index in [1.165, 1.54) is 19.3 Å². The first-order valence-electron chi connectivity index (χ1n) is 3.26. The summed E-state index contributed by atoms with van der Waals surface area (Å²) in [5.41, 5.74) is 0. The van der Waals surface area contributed by atoms with Gasteiger partial charge in [0.15, 0.2) is 0 Å². The first-order valence-corrected chi connectivity index (χ1v) is 9.96. The summed E-state index contributed by atoms with van der Waals surface area (Å²) in [5, 5.41) is 0. The van der Waals surface area contributed by atoms with Crippen LogP contribution < -0.4 is 0 Å². The van der Waals surface area contributed by atoms with E-state index in [0.717, 1.165) is 5.75 Å². The van der Waals surface area contributed by atoms with Crippen LogP contribution in [-0.4, -0.2) is 5.75 Å². The molecule has 0 nitrogen and oxygen atoms in total. The van der Waals surface area contributed by atoms with Crippen LogP contribution in [0.25, 0.3) is 0 Å². The normalized spacial score (nSPS) is 11.9. The summed E-state index contributed by atoms with van der Waals surface area (Å²) in [6.07, 6.45) is 3.81. The average Bonchev–Trinajstić information content (AvgIpc) is 1.78. The molecule has 0 amide bonds. The second-order valence-electron chi connectivity index (χ2n) is 2.03. The highest BCUT2D eigenvalue weighted by atomic mass is 33.5. The molecule has 0 aromatic rings. The molecule has 0 spiro atoms. The lowest BCUT2D eigenvalue weighted by molar-refractivity contribution is 0.779. The maximum Gasteiger partial charge on any atom is 0.103 e. The minimum atomic E-state index is -1.57. The fraction of sp³-hybridized carbons (Fsp3) is 1.00. The molecule has 0 aliphatic rings. The maximum atomic E-state index is 5.04. The van der Waals surface area contributed by atoms with Gasteiger partial charge in [-0.05, 0) is 12.2 Å². The van der Waals surface area contributed by atoms with Crippen LogP contribution in [0.15, 0.2) is 0 Å². The van der Waals surface area contributed by atoms with Crippen LogP contribution in [-0.2, 0) is 11.8 Å². The zero-order chi connectivity index (χ0) is 8.04. The van der Waals surface area contributed by atoms with Crippen LogP contribution in [0, 0.1) is 0 Å². The van der Waals surface area contributed by atoms with Crippen molar-refractivity contribution in [1.29, 1.82) is 0 Å².